The number of fused-ring (bicyclic) bond motifs is 1. The number of rotatable bonds is 5. The summed E-state index contributed by atoms with van der Waals surface area (Å²) in [5, 5.41) is 4.79. The second-order valence-corrected chi connectivity index (χ2v) is 7.00. The lowest BCUT2D eigenvalue weighted by Gasteiger charge is -2.05. The number of aromatic amines is 1. The van der Waals surface area contributed by atoms with Crippen LogP contribution in [0.2, 0.25) is 0 Å². The molecule has 3 heterocycles. The minimum absolute atomic E-state index is 0.356. The Bertz CT molecular complexity index is 1100. The Morgan fingerprint density at radius 1 is 1.22 bits per heavy atom. The number of nitrogens with one attached hydrogen (secondary N) is 1. The van der Waals surface area contributed by atoms with Crippen LogP contribution in [0.3, 0.4) is 0 Å². The number of pyridine rings is 1. The number of aromatic nitrogens is 6. The average Bonchev–Trinajstić information content (AvgIpc) is 3.13. The quantitative estimate of drug-likeness (QED) is 0.591. The molecule has 0 amide bonds. The van der Waals surface area contributed by atoms with E-state index in [9.17, 15) is 0 Å². The van der Waals surface area contributed by atoms with E-state index < -0.39 is 0 Å². The summed E-state index contributed by atoms with van der Waals surface area (Å²) in [7, 11) is 1.74. The lowest BCUT2D eigenvalue weighted by atomic mass is 10.2. The van der Waals surface area contributed by atoms with Crippen LogP contribution in [-0.2, 0) is 4.74 Å². The maximum Gasteiger partial charge on any atom is 0.200 e. The van der Waals surface area contributed by atoms with Crippen molar-refractivity contribution in [1.82, 2.24) is 29.7 Å². The van der Waals surface area contributed by atoms with E-state index in [1.807, 2.05) is 41.9 Å². The SMILES string of the molecule is COC[C@@H]1C[C@H]1c1nc(-c2ccccn2)nn1-c1ccc2nc(C)[nH]c2c1. The zero-order chi connectivity index (χ0) is 18.4. The molecule has 1 aliphatic carbocycles. The van der Waals surface area contributed by atoms with Gasteiger partial charge in [0.25, 0.3) is 0 Å². The predicted molar refractivity (Wildman–Crippen MR) is 102 cm³/mol. The Morgan fingerprint density at radius 3 is 2.96 bits per heavy atom. The second kappa shape index (κ2) is 6.28. The largest absolute Gasteiger partial charge is 0.384 e. The highest BCUT2D eigenvalue weighted by Crippen LogP contribution is 2.47. The standard InChI is InChI=1S/C20H20N6O/c1-12-22-16-7-6-14(10-18(16)23-12)26-20(15-9-13(15)11-27-2)24-19(25-26)17-5-3-4-8-21-17/h3-8,10,13,15H,9,11H2,1-2H3,(H,22,23)/t13-,15+/m0/s1. The lowest BCUT2D eigenvalue weighted by Crippen LogP contribution is -2.04. The van der Waals surface area contributed by atoms with E-state index in [2.05, 4.69) is 21.0 Å². The fourth-order valence-electron chi connectivity index (χ4n) is 3.58. The second-order valence-electron chi connectivity index (χ2n) is 7.00. The number of methoxy groups -OCH3 is 1. The third kappa shape index (κ3) is 2.90. The van der Waals surface area contributed by atoms with Gasteiger partial charge in [-0.15, -0.1) is 5.10 Å². The first kappa shape index (κ1) is 16.1. The predicted octanol–water partition coefficient (Wildman–Crippen LogP) is 3.26. The van der Waals surface area contributed by atoms with Gasteiger partial charge in [-0.25, -0.2) is 14.6 Å². The van der Waals surface area contributed by atoms with E-state index in [1.165, 1.54) is 0 Å². The van der Waals surface area contributed by atoms with Gasteiger partial charge >= 0.3 is 0 Å². The maximum atomic E-state index is 5.33. The molecule has 27 heavy (non-hydrogen) atoms. The number of ether oxygens (including phenoxy) is 1. The molecule has 4 aromatic rings. The van der Waals surface area contributed by atoms with Gasteiger partial charge in [0.05, 0.1) is 16.7 Å². The van der Waals surface area contributed by atoms with Crippen LogP contribution in [-0.4, -0.2) is 43.4 Å². The van der Waals surface area contributed by atoms with Crippen molar-refractivity contribution in [3.05, 3.63) is 54.2 Å². The van der Waals surface area contributed by atoms with Crippen molar-refractivity contribution in [3.63, 3.8) is 0 Å². The van der Waals surface area contributed by atoms with Gasteiger partial charge in [0.2, 0.25) is 0 Å². The number of imidazole rings is 1. The summed E-state index contributed by atoms with van der Waals surface area (Å²) in [6.45, 7) is 2.70. The van der Waals surface area contributed by atoms with Gasteiger partial charge < -0.3 is 9.72 Å². The number of aryl methyl sites for hydroxylation is 1. The first-order valence-corrected chi connectivity index (χ1v) is 9.07. The number of H-pyrrole nitrogens is 1. The molecular weight excluding hydrogens is 340 g/mol. The zero-order valence-electron chi connectivity index (χ0n) is 15.3. The van der Waals surface area contributed by atoms with Crippen LogP contribution in [0.1, 0.15) is 24.0 Å². The van der Waals surface area contributed by atoms with E-state index in [4.69, 9.17) is 14.8 Å². The van der Waals surface area contributed by atoms with E-state index >= 15 is 0 Å². The summed E-state index contributed by atoms with van der Waals surface area (Å²) >= 11 is 0. The zero-order valence-corrected chi connectivity index (χ0v) is 15.3. The van der Waals surface area contributed by atoms with Crippen LogP contribution < -0.4 is 0 Å². The Hall–Kier alpha value is -3.06. The minimum Gasteiger partial charge on any atom is -0.384 e. The summed E-state index contributed by atoms with van der Waals surface area (Å²) in [6.07, 6.45) is 2.83. The third-order valence-corrected chi connectivity index (χ3v) is 4.99. The van der Waals surface area contributed by atoms with Crippen LogP contribution in [0.4, 0.5) is 0 Å². The van der Waals surface area contributed by atoms with E-state index in [0.29, 0.717) is 17.7 Å². The number of benzene rings is 1. The average molecular weight is 360 g/mol. The summed E-state index contributed by atoms with van der Waals surface area (Å²) in [5.74, 6) is 3.36. The van der Waals surface area contributed by atoms with Crippen molar-refractivity contribution in [2.45, 2.75) is 19.3 Å². The highest BCUT2D eigenvalue weighted by atomic mass is 16.5. The van der Waals surface area contributed by atoms with Crippen LogP contribution in [0.25, 0.3) is 28.2 Å². The molecule has 0 aliphatic heterocycles. The van der Waals surface area contributed by atoms with Crippen molar-refractivity contribution in [1.29, 1.82) is 0 Å². The molecule has 1 N–H and O–H groups in total. The molecule has 136 valence electrons. The summed E-state index contributed by atoms with van der Waals surface area (Å²) in [4.78, 5) is 17.0. The monoisotopic (exact) mass is 360 g/mol. The summed E-state index contributed by atoms with van der Waals surface area (Å²) < 4.78 is 7.28. The molecule has 0 unspecified atom stereocenters. The van der Waals surface area contributed by atoms with Crippen molar-refractivity contribution in [2.75, 3.05) is 13.7 Å². The molecule has 1 aromatic carbocycles. The molecule has 0 bridgehead atoms. The van der Waals surface area contributed by atoms with Gasteiger partial charge in [-0.3, -0.25) is 4.98 Å². The fraction of sp³-hybridized carbons (Fsp3) is 0.300. The summed E-state index contributed by atoms with van der Waals surface area (Å²) in [6, 6.07) is 11.9. The van der Waals surface area contributed by atoms with Crippen LogP contribution in [0.5, 0.6) is 0 Å². The minimum atomic E-state index is 0.356. The number of hydrogen-bond acceptors (Lipinski definition) is 5. The van der Waals surface area contributed by atoms with E-state index in [0.717, 1.165) is 47.1 Å². The smallest absolute Gasteiger partial charge is 0.200 e. The molecule has 0 saturated heterocycles. The van der Waals surface area contributed by atoms with Crippen molar-refractivity contribution >= 4 is 11.0 Å². The first-order valence-electron chi connectivity index (χ1n) is 9.07. The van der Waals surface area contributed by atoms with Crippen LogP contribution in [0.15, 0.2) is 42.6 Å². The van der Waals surface area contributed by atoms with Crippen LogP contribution >= 0.6 is 0 Å². The summed E-state index contributed by atoms with van der Waals surface area (Å²) in [5.41, 5.74) is 3.69. The molecule has 0 spiro atoms. The molecule has 1 aliphatic rings. The molecule has 7 heteroatoms. The van der Waals surface area contributed by atoms with Gasteiger partial charge in [0.1, 0.15) is 17.3 Å². The molecule has 7 nitrogen and oxygen atoms in total. The van der Waals surface area contributed by atoms with Crippen molar-refractivity contribution in [2.24, 2.45) is 5.92 Å². The number of hydrogen-bond donors (Lipinski definition) is 1. The fourth-order valence-corrected chi connectivity index (χ4v) is 3.58. The molecule has 0 radical (unpaired) electrons. The topological polar surface area (TPSA) is 81.5 Å². The van der Waals surface area contributed by atoms with Gasteiger partial charge in [-0.2, -0.15) is 0 Å². The molecule has 1 saturated carbocycles. The normalized spacial score (nSPS) is 18.9. The Labute approximate surface area is 156 Å². The highest BCUT2D eigenvalue weighted by Gasteiger charge is 2.42. The van der Waals surface area contributed by atoms with E-state index in [1.54, 1.807) is 13.3 Å². The van der Waals surface area contributed by atoms with Gasteiger partial charge in [-0.1, -0.05) is 6.07 Å². The molecule has 5 rings (SSSR count). The van der Waals surface area contributed by atoms with Gasteiger partial charge in [0, 0.05) is 25.8 Å². The van der Waals surface area contributed by atoms with Crippen molar-refractivity contribution < 1.29 is 4.74 Å². The molecule has 3 aromatic heterocycles. The first-order chi connectivity index (χ1) is 13.2. The molecule has 2 atom stereocenters. The van der Waals surface area contributed by atoms with Crippen LogP contribution in [0, 0.1) is 12.8 Å². The Balaban J connectivity index is 1.61. The molecular formula is C20H20N6O. The Morgan fingerprint density at radius 2 is 2.15 bits per heavy atom. The Kier molecular flexibility index (Phi) is 3.75. The lowest BCUT2D eigenvalue weighted by molar-refractivity contribution is 0.184. The van der Waals surface area contributed by atoms with Gasteiger partial charge in [-0.05, 0) is 49.6 Å². The molecule has 1 fully saturated rings. The van der Waals surface area contributed by atoms with Gasteiger partial charge in [0.15, 0.2) is 5.82 Å². The maximum absolute atomic E-state index is 5.33. The van der Waals surface area contributed by atoms with E-state index in [-0.39, 0.29) is 0 Å². The third-order valence-electron chi connectivity index (χ3n) is 4.99. The number of nitrogens with zero attached hydrogens (tertiary/aromatic N) is 5. The van der Waals surface area contributed by atoms with Crippen molar-refractivity contribution in [3.8, 4) is 17.2 Å². The highest BCUT2D eigenvalue weighted by molar-refractivity contribution is 5.77.